The van der Waals surface area contributed by atoms with Gasteiger partial charge in [-0.1, -0.05) is 17.7 Å². The molecule has 1 heterocycles. The van der Waals surface area contributed by atoms with Gasteiger partial charge in [0.1, 0.15) is 19.0 Å². The van der Waals surface area contributed by atoms with Gasteiger partial charge in [-0.15, -0.1) is 0 Å². The van der Waals surface area contributed by atoms with E-state index < -0.39 is 12.1 Å². The zero-order valence-corrected chi connectivity index (χ0v) is 13.4. The van der Waals surface area contributed by atoms with E-state index in [1.165, 1.54) is 0 Å². The van der Waals surface area contributed by atoms with Crippen molar-refractivity contribution in [3.8, 4) is 5.75 Å². The van der Waals surface area contributed by atoms with E-state index in [-0.39, 0.29) is 19.3 Å². The number of esters is 1. The third-order valence-electron chi connectivity index (χ3n) is 3.28. The van der Waals surface area contributed by atoms with E-state index in [0.717, 1.165) is 19.4 Å². The summed E-state index contributed by atoms with van der Waals surface area (Å²) in [6, 6.07) is 7.06. The van der Waals surface area contributed by atoms with Crippen molar-refractivity contribution in [2.75, 3.05) is 26.4 Å². The number of hydrogen-bond donors (Lipinski definition) is 0. The Balaban J connectivity index is 1.58. The molecule has 1 aromatic rings. The molecule has 1 fully saturated rings. The monoisotopic (exact) mass is 328 g/mol. The van der Waals surface area contributed by atoms with E-state index in [9.17, 15) is 4.79 Å². The highest BCUT2D eigenvalue weighted by Gasteiger charge is 2.20. The van der Waals surface area contributed by atoms with Gasteiger partial charge in [0.25, 0.3) is 0 Å². The molecule has 0 aliphatic carbocycles. The van der Waals surface area contributed by atoms with Crippen LogP contribution in [0.4, 0.5) is 0 Å². The maximum atomic E-state index is 11.7. The molecule has 1 aliphatic heterocycles. The lowest BCUT2D eigenvalue weighted by atomic mass is 10.2. The molecule has 0 radical (unpaired) electrons. The molecular formula is C16H21ClO5. The maximum absolute atomic E-state index is 11.7. The molecule has 2 atom stereocenters. The maximum Gasteiger partial charge on any atom is 0.335 e. The minimum Gasteiger partial charge on any atom is -0.490 e. The average Bonchev–Trinajstić information content (AvgIpc) is 3.02. The standard InChI is InChI=1S/C16H21ClO5/c1-12(22-11-15-6-3-7-19-15)16(18)21-9-8-20-14-5-2-4-13(17)10-14/h2,4-5,10,12,15H,3,6-9,11H2,1H3. The van der Waals surface area contributed by atoms with Gasteiger partial charge in [-0.2, -0.15) is 0 Å². The Kier molecular flexibility index (Phi) is 6.96. The van der Waals surface area contributed by atoms with Crippen molar-refractivity contribution >= 4 is 17.6 Å². The molecular weight excluding hydrogens is 308 g/mol. The summed E-state index contributed by atoms with van der Waals surface area (Å²) < 4.78 is 21.4. The quantitative estimate of drug-likeness (QED) is 0.542. The van der Waals surface area contributed by atoms with Crippen LogP contribution in [0.3, 0.4) is 0 Å². The molecule has 5 nitrogen and oxygen atoms in total. The van der Waals surface area contributed by atoms with E-state index in [1.807, 2.05) is 0 Å². The number of benzene rings is 1. The van der Waals surface area contributed by atoms with Gasteiger partial charge in [-0.25, -0.2) is 4.79 Å². The first-order valence-corrected chi connectivity index (χ1v) is 7.81. The van der Waals surface area contributed by atoms with Crippen molar-refractivity contribution in [3.63, 3.8) is 0 Å². The van der Waals surface area contributed by atoms with E-state index in [4.69, 9.17) is 30.5 Å². The van der Waals surface area contributed by atoms with E-state index in [0.29, 0.717) is 17.4 Å². The highest BCUT2D eigenvalue weighted by molar-refractivity contribution is 6.30. The van der Waals surface area contributed by atoms with Crippen molar-refractivity contribution in [1.29, 1.82) is 0 Å². The number of carbonyl (C=O) groups is 1. The highest BCUT2D eigenvalue weighted by Crippen LogP contribution is 2.17. The minimum absolute atomic E-state index is 0.0985. The van der Waals surface area contributed by atoms with Crippen LogP contribution in [0.25, 0.3) is 0 Å². The summed E-state index contributed by atoms with van der Waals surface area (Å²) in [7, 11) is 0. The Bertz CT molecular complexity index is 473. The molecule has 0 saturated carbocycles. The molecule has 22 heavy (non-hydrogen) atoms. The lowest BCUT2D eigenvalue weighted by Gasteiger charge is -2.15. The molecule has 122 valence electrons. The number of carbonyl (C=O) groups excluding carboxylic acids is 1. The third-order valence-corrected chi connectivity index (χ3v) is 3.52. The Morgan fingerprint density at radius 1 is 1.45 bits per heavy atom. The van der Waals surface area contributed by atoms with Gasteiger partial charge >= 0.3 is 5.97 Å². The van der Waals surface area contributed by atoms with E-state index in [2.05, 4.69) is 0 Å². The zero-order valence-electron chi connectivity index (χ0n) is 12.6. The fraction of sp³-hybridized carbons (Fsp3) is 0.562. The molecule has 6 heteroatoms. The summed E-state index contributed by atoms with van der Waals surface area (Å²) in [4.78, 5) is 11.7. The normalized spacial score (nSPS) is 18.9. The number of ether oxygens (including phenoxy) is 4. The van der Waals surface area contributed by atoms with Crippen LogP contribution in [0, 0.1) is 0 Å². The summed E-state index contributed by atoms with van der Waals surface area (Å²) in [5.74, 6) is 0.249. The highest BCUT2D eigenvalue weighted by atomic mass is 35.5. The van der Waals surface area contributed by atoms with Crippen molar-refractivity contribution in [3.05, 3.63) is 29.3 Å². The van der Waals surface area contributed by atoms with Gasteiger partial charge in [-0.05, 0) is 38.0 Å². The van der Waals surface area contributed by atoms with Crippen molar-refractivity contribution in [2.24, 2.45) is 0 Å². The Morgan fingerprint density at radius 2 is 2.32 bits per heavy atom. The van der Waals surface area contributed by atoms with Gasteiger partial charge in [0.2, 0.25) is 0 Å². The van der Waals surface area contributed by atoms with E-state index >= 15 is 0 Å². The van der Waals surface area contributed by atoms with Crippen LogP contribution in [-0.4, -0.2) is 44.6 Å². The second-order valence-electron chi connectivity index (χ2n) is 5.08. The zero-order chi connectivity index (χ0) is 15.8. The third kappa shape index (κ3) is 5.83. The molecule has 2 rings (SSSR count). The first-order chi connectivity index (χ1) is 10.6. The average molecular weight is 329 g/mol. The molecule has 0 bridgehead atoms. The van der Waals surface area contributed by atoms with Crippen LogP contribution in [0.15, 0.2) is 24.3 Å². The Hall–Kier alpha value is -1.30. The Morgan fingerprint density at radius 3 is 3.05 bits per heavy atom. The summed E-state index contributed by atoms with van der Waals surface area (Å²) in [5.41, 5.74) is 0. The van der Waals surface area contributed by atoms with Gasteiger partial charge in [0.05, 0.1) is 12.7 Å². The van der Waals surface area contributed by atoms with Crippen LogP contribution >= 0.6 is 11.6 Å². The molecule has 0 spiro atoms. The predicted molar refractivity (Wildman–Crippen MR) is 82.3 cm³/mol. The summed E-state index contributed by atoms with van der Waals surface area (Å²) in [6.45, 7) is 3.31. The summed E-state index contributed by atoms with van der Waals surface area (Å²) in [5, 5.41) is 0.602. The molecule has 1 aromatic carbocycles. The van der Waals surface area contributed by atoms with Gasteiger partial charge in [0, 0.05) is 11.6 Å². The van der Waals surface area contributed by atoms with Gasteiger partial charge in [-0.3, -0.25) is 0 Å². The van der Waals surface area contributed by atoms with Crippen LogP contribution in [0.1, 0.15) is 19.8 Å². The molecule has 0 aromatic heterocycles. The second-order valence-corrected chi connectivity index (χ2v) is 5.52. The lowest BCUT2D eigenvalue weighted by molar-refractivity contribution is -0.158. The molecule has 1 saturated heterocycles. The largest absolute Gasteiger partial charge is 0.490 e. The first kappa shape index (κ1) is 17.1. The van der Waals surface area contributed by atoms with Crippen LogP contribution < -0.4 is 4.74 Å². The lowest BCUT2D eigenvalue weighted by Crippen LogP contribution is -2.28. The fourth-order valence-corrected chi connectivity index (χ4v) is 2.25. The van der Waals surface area contributed by atoms with Crippen LogP contribution in [0.5, 0.6) is 5.75 Å². The fourth-order valence-electron chi connectivity index (χ4n) is 2.07. The van der Waals surface area contributed by atoms with Crippen LogP contribution in [0.2, 0.25) is 5.02 Å². The summed E-state index contributed by atoms with van der Waals surface area (Å²) >= 11 is 5.85. The molecule has 0 N–H and O–H groups in total. The second kappa shape index (κ2) is 8.98. The SMILES string of the molecule is CC(OCC1CCCO1)C(=O)OCCOc1cccc(Cl)c1. The predicted octanol–water partition coefficient (Wildman–Crippen LogP) is 2.85. The molecule has 0 amide bonds. The molecule has 2 unspecified atom stereocenters. The first-order valence-electron chi connectivity index (χ1n) is 7.43. The van der Waals surface area contributed by atoms with E-state index in [1.54, 1.807) is 31.2 Å². The van der Waals surface area contributed by atoms with Crippen molar-refractivity contribution in [1.82, 2.24) is 0 Å². The number of hydrogen-bond acceptors (Lipinski definition) is 5. The topological polar surface area (TPSA) is 54.0 Å². The minimum atomic E-state index is -0.602. The smallest absolute Gasteiger partial charge is 0.335 e. The van der Waals surface area contributed by atoms with Gasteiger partial charge in [0.15, 0.2) is 6.10 Å². The number of halogens is 1. The molecule has 1 aliphatic rings. The van der Waals surface area contributed by atoms with Crippen molar-refractivity contribution in [2.45, 2.75) is 32.0 Å². The summed E-state index contributed by atoms with van der Waals surface area (Å²) in [6.07, 6.45) is 1.53. The Labute approximate surface area is 135 Å². The van der Waals surface area contributed by atoms with Crippen molar-refractivity contribution < 1.29 is 23.7 Å². The number of rotatable bonds is 8. The van der Waals surface area contributed by atoms with Gasteiger partial charge < -0.3 is 18.9 Å². The van der Waals surface area contributed by atoms with Crippen LogP contribution in [-0.2, 0) is 19.0 Å².